The quantitative estimate of drug-likeness (QED) is 0.913. The highest BCUT2D eigenvalue weighted by molar-refractivity contribution is 5.88. The molecule has 112 valence electrons. The number of rotatable bonds is 5. The van der Waals surface area contributed by atoms with Gasteiger partial charge in [0.05, 0.1) is 5.56 Å². The Morgan fingerprint density at radius 3 is 2.76 bits per heavy atom. The first-order valence-corrected chi connectivity index (χ1v) is 5.66. The Morgan fingerprint density at radius 2 is 2.10 bits per heavy atom. The summed E-state index contributed by atoms with van der Waals surface area (Å²) in [4.78, 5) is 10.8. The maximum absolute atomic E-state index is 11.9. The molecule has 0 atom stereocenters. The van der Waals surface area contributed by atoms with Gasteiger partial charge in [-0.25, -0.2) is 4.79 Å². The van der Waals surface area contributed by atoms with E-state index in [0.717, 1.165) is 0 Å². The third kappa shape index (κ3) is 4.28. The third-order valence-corrected chi connectivity index (χ3v) is 2.31. The maximum Gasteiger partial charge on any atom is 0.411 e. The van der Waals surface area contributed by atoms with Crippen molar-refractivity contribution in [1.82, 2.24) is 10.2 Å². The molecule has 9 heteroatoms. The molecule has 6 nitrogen and oxygen atoms in total. The molecule has 1 N–H and O–H groups in total. The minimum atomic E-state index is -4.43. The molecule has 0 saturated heterocycles. The van der Waals surface area contributed by atoms with Gasteiger partial charge in [-0.2, -0.15) is 13.2 Å². The molecule has 1 aromatic heterocycles. The Morgan fingerprint density at radius 1 is 1.33 bits per heavy atom. The summed E-state index contributed by atoms with van der Waals surface area (Å²) in [6.07, 6.45) is -4.43. The molecular formula is C12H9F3N2O4. The molecule has 0 aliphatic carbocycles. The fraction of sp³-hybridized carbons (Fsp3) is 0.250. The lowest BCUT2D eigenvalue weighted by Gasteiger charge is -2.04. The summed E-state index contributed by atoms with van der Waals surface area (Å²) < 4.78 is 45.2. The highest BCUT2D eigenvalue weighted by Crippen LogP contribution is 2.20. The van der Waals surface area contributed by atoms with Gasteiger partial charge in [0.15, 0.2) is 0 Å². The summed E-state index contributed by atoms with van der Waals surface area (Å²) in [5, 5.41) is 16.0. The van der Waals surface area contributed by atoms with E-state index in [2.05, 4.69) is 14.9 Å². The average Bonchev–Trinajstić information content (AvgIpc) is 2.86. The van der Waals surface area contributed by atoms with Crippen molar-refractivity contribution in [3.63, 3.8) is 0 Å². The van der Waals surface area contributed by atoms with Crippen molar-refractivity contribution < 1.29 is 32.2 Å². The molecule has 0 aliphatic heterocycles. The van der Waals surface area contributed by atoms with Gasteiger partial charge < -0.3 is 14.3 Å². The van der Waals surface area contributed by atoms with Crippen LogP contribution >= 0.6 is 0 Å². The van der Waals surface area contributed by atoms with Gasteiger partial charge in [0.2, 0.25) is 11.8 Å². The highest BCUT2D eigenvalue weighted by Gasteiger charge is 2.27. The molecule has 0 bridgehead atoms. The van der Waals surface area contributed by atoms with E-state index in [-0.39, 0.29) is 17.3 Å². The van der Waals surface area contributed by atoms with Gasteiger partial charge in [0.1, 0.15) is 13.2 Å². The molecule has 0 aliphatic rings. The van der Waals surface area contributed by atoms with Crippen LogP contribution in [0.5, 0.6) is 0 Å². The average molecular weight is 302 g/mol. The lowest BCUT2D eigenvalue weighted by molar-refractivity contribution is -0.177. The number of hydrogen-bond acceptors (Lipinski definition) is 5. The van der Waals surface area contributed by atoms with Crippen LogP contribution in [0.25, 0.3) is 11.5 Å². The fourth-order valence-corrected chi connectivity index (χ4v) is 1.47. The number of aromatic carboxylic acids is 1. The van der Waals surface area contributed by atoms with Crippen LogP contribution in [-0.4, -0.2) is 34.1 Å². The van der Waals surface area contributed by atoms with E-state index in [1.165, 1.54) is 18.2 Å². The normalized spacial score (nSPS) is 11.6. The van der Waals surface area contributed by atoms with Crippen molar-refractivity contribution in [1.29, 1.82) is 0 Å². The second kappa shape index (κ2) is 5.92. The van der Waals surface area contributed by atoms with Crippen LogP contribution in [0, 0.1) is 0 Å². The Balaban J connectivity index is 2.06. The molecule has 0 saturated carbocycles. The van der Waals surface area contributed by atoms with E-state index in [0.29, 0.717) is 5.56 Å². The number of hydrogen-bond donors (Lipinski definition) is 1. The predicted molar refractivity (Wildman–Crippen MR) is 62.4 cm³/mol. The van der Waals surface area contributed by atoms with Gasteiger partial charge in [-0.05, 0) is 18.2 Å². The number of carbonyl (C=O) groups is 1. The number of ether oxygens (including phenoxy) is 1. The third-order valence-electron chi connectivity index (χ3n) is 2.31. The van der Waals surface area contributed by atoms with Crippen molar-refractivity contribution in [3.8, 4) is 11.5 Å². The molecule has 21 heavy (non-hydrogen) atoms. The summed E-state index contributed by atoms with van der Waals surface area (Å²) in [6.45, 7) is -1.90. The topological polar surface area (TPSA) is 85.5 Å². The minimum Gasteiger partial charge on any atom is -0.478 e. The number of alkyl halides is 3. The van der Waals surface area contributed by atoms with Crippen LogP contribution in [-0.2, 0) is 11.3 Å². The molecule has 0 fully saturated rings. The molecule has 1 heterocycles. The fourth-order valence-electron chi connectivity index (χ4n) is 1.47. The van der Waals surface area contributed by atoms with Gasteiger partial charge in [0, 0.05) is 5.56 Å². The standard InChI is InChI=1S/C12H9F3N2O4/c13-12(14,15)6-20-5-9-16-17-10(21-9)7-2-1-3-8(4-7)11(18)19/h1-4H,5-6H2,(H,18,19). The summed E-state index contributed by atoms with van der Waals surface area (Å²) in [5.74, 6) is -1.25. The lowest BCUT2D eigenvalue weighted by Crippen LogP contribution is -2.16. The molecule has 0 amide bonds. The van der Waals surface area contributed by atoms with Gasteiger partial charge in [-0.3, -0.25) is 0 Å². The molecule has 2 aromatic rings. The second-order valence-corrected chi connectivity index (χ2v) is 3.99. The smallest absolute Gasteiger partial charge is 0.411 e. The minimum absolute atomic E-state index is 0.00343. The maximum atomic E-state index is 11.9. The molecule has 0 spiro atoms. The summed E-state index contributed by atoms with van der Waals surface area (Å²) in [6, 6.07) is 5.73. The van der Waals surface area contributed by atoms with Crippen molar-refractivity contribution in [3.05, 3.63) is 35.7 Å². The van der Waals surface area contributed by atoms with Crippen LogP contribution in [0.1, 0.15) is 16.2 Å². The second-order valence-electron chi connectivity index (χ2n) is 3.99. The van der Waals surface area contributed by atoms with E-state index < -0.39 is 25.4 Å². The van der Waals surface area contributed by atoms with E-state index >= 15 is 0 Å². The first-order chi connectivity index (χ1) is 9.85. The Labute approximate surface area is 116 Å². The van der Waals surface area contributed by atoms with Gasteiger partial charge in [-0.1, -0.05) is 6.07 Å². The highest BCUT2D eigenvalue weighted by atomic mass is 19.4. The zero-order chi connectivity index (χ0) is 15.5. The number of carboxylic acids is 1. The molecule has 0 radical (unpaired) electrons. The number of carboxylic acid groups (broad SMARTS) is 1. The van der Waals surface area contributed by atoms with Gasteiger partial charge >= 0.3 is 12.1 Å². The number of benzene rings is 1. The van der Waals surface area contributed by atoms with Crippen molar-refractivity contribution in [2.45, 2.75) is 12.8 Å². The Bertz CT molecular complexity index is 639. The van der Waals surface area contributed by atoms with E-state index in [1.807, 2.05) is 0 Å². The number of halogens is 3. The van der Waals surface area contributed by atoms with Crippen molar-refractivity contribution in [2.24, 2.45) is 0 Å². The first-order valence-electron chi connectivity index (χ1n) is 5.66. The molecular weight excluding hydrogens is 293 g/mol. The zero-order valence-electron chi connectivity index (χ0n) is 10.4. The number of aromatic nitrogens is 2. The van der Waals surface area contributed by atoms with E-state index in [9.17, 15) is 18.0 Å². The number of nitrogens with zero attached hydrogens (tertiary/aromatic N) is 2. The van der Waals surface area contributed by atoms with Crippen LogP contribution in [0.15, 0.2) is 28.7 Å². The molecule has 0 unspecified atom stereocenters. The van der Waals surface area contributed by atoms with Crippen LogP contribution in [0.3, 0.4) is 0 Å². The predicted octanol–water partition coefficient (Wildman–Crippen LogP) is 2.51. The zero-order valence-corrected chi connectivity index (χ0v) is 10.4. The SMILES string of the molecule is O=C(O)c1cccc(-c2nnc(COCC(F)(F)F)o2)c1. The summed E-state index contributed by atoms with van der Waals surface area (Å²) in [5.41, 5.74) is 0.380. The van der Waals surface area contributed by atoms with Crippen molar-refractivity contribution in [2.75, 3.05) is 6.61 Å². The van der Waals surface area contributed by atoms with E-state index in [1.54, 1.807) is 6.07 Å². The van der Waals surface area contributed by atoms with Crippen LogP contribution < -0.4 is 0 Å². The summed E-state index contributed by atoms with van der Waals surface area (Å²) >= 11 is 0. The van der Waals surface area contributed by atoms with E-state index in [4.69, 9.17) is 9.52 Å². The monoisotopic (exact) mass is 302 g/mol. The Hall–Kier alpha value is -2.42. The lowest BCUT2D eigenvalue weighted by atomic mass is 10.1. The van der Waals surface area contributed by atoms with Crippen LogP contribution in [0.2, 0.25) is 0 Å². The largest absolute Gasteiger partial charge is 0.478 e. The Kier molecular flexibility index (Phi) is 4.22. The van der Waals surface area contributed by atoms with Gasteiger partial charge in [0.25, 0.3) is 0 Å². The van der Waals surface area contributed by atoms with Crippen molar-refractivity contribution >= 4 is 5.97 Å². The summed E-state index contributed by atoms with van der Waals surface area (Å²) in [7, 11) is 0. The molecule has 2 rings (SSSR count). The molecule has 1 aromatic carbocycles. The first kappa shape index (κ1) is 15.0. The van der Waals surface area contributed by atoms with Crippen LogP contribution in [0.4, 0.5) is 13.2 Å². The van der Waals surface area contributed by atoms with Gasteiger partial charge in [-0.15, -0.1) is 10.2 Å².